The van der Waals surface area contributed by atoms with Crippen molar-refractivity contribution in [2.45, 2.75) is 52.0 Å². The van der Waals surface area contributed by atoms with E-state index in [1.54, 1.807) is 0 Å². The summed E-state index contributed by atoms with van der Waals surface area (Å²) in [5.41, 5.74) is 0. The van der Waals surface area contributed by atoms with E-state index in [0.717, 1.165) is 45.3 Å². The number of likely N-dealkylation sites (tertiary alicyclic amines) is 1. The number of rotatable bonds is 5. The summed E-state index contributed by atoms with van der Waals surface area (Å²) in [5.74, 6) is 0.886. The molecule has 132 valence electrons. The summed E-state index contributed by atoms with van der Waals surface area (Å²) in [7, 11) is 0. The van der Waals surface area contributed by atoms with Crippen LogP contribution in [0.1, 0.15) is 46.0 Å². The molecule has 0 aromatic rings. The molecular formula is C17H32N4O2. The SMILES string of the molecule is CC(C)CNC(=O)N1CCCC(CC(=O)NC2CCNCC2)C1. The fourth-order valence-corrected chi connectivity index (χ4v) is 3.33. The lowest BCUT2D eigenvalue weighted by molar-refractivity contribution is -0.123. The van der Waals surface area contributed by atoms with Crippen LogP contribution < -0.4 is 16.0 Å². The minimum Gasteiger partial charge on any atom is -0.353 e. The smallest absolute Gasteiger partial charge is 0.317 e. The van der Waals surface area contributed by atoms with Gasteiger partial charge in [0, 0.05) is 32.1 Å². The number of hydrogen-bond donors (Lipinski definition) is 3. The highest BCUT2D eigenvalue weighted by Crippen LogP contribution is 2.20. The highest BCUT2D eigenvalue weighted by Gasteiger charge is 2.26. The minimum atomic E-state index is 0.0159. The Morgan fingerprint density at radius 2 is 1.96 bits per heavy atom. The molecule has 0 aromatic heterocycles. The van der Waals surface area contributed by atoms with E-state index in [-0.39, 0.29) is 17.9 Å². The molecule has 2 aliphatic rings. The first-order chi connectivity index (χ1) is 11.0. The molecule has 3 amide bonds. The summed E-state index contributed by atoms with van der Waals surface area (Å²) in [6.45, 7) is 8.35. The van der Waals surface area contributed by atoms with E-state index in [1.807, 2.05) is 4.90 Å². The van der Waals surface area contributed by atoms with Crippen molar-refractivity contribution >= 4 is 11.9 Å². The number of urea groups is 1. The van der Waals surface area contributed by atoms with E-state index >= 15 is 0 Å². The average Bonchev–Trinajstić information content (AvgIpc) is 2.53. The van der Waals surface area contributed by atoms with Gasteiger partial charge in [-0.2, -0.15) is 0 Å². The predicted molar refractivity (Wildman–Crippen MR) is 91.2 cm³/mol. The number of hydrogen-bond acceptors (Lipinski definition) is 3. The van der Waals surface area contributed by atoms with Crippen molar-refractivity contribution in [2.75, 3.05) is 32.7 Å². The quantitative estimate of drug-likeness (QED) is 0.714. The highest BCUT2D eigenvalue weighted by molar-refractivity contribution is 5.77. The van der Waals surface area contributed by atoms with Crippen molar-refractivity contribution in [3.63, 3.8) is 0 Å². The Morgan fingerprint density at radius 3 is 2.65 bits per heavy atom. The first kappa shape index (κ1) is 18.0. The van der Waals surface area contributed by atoms with Gasteiger partial charge < -0.3 is 20.9 Å². The third kappa shape index (κ3) is 6.37. The minimum absolute atomic E-state index is 0.0159. The maximum atomic E-state index is 12.2. The lowest BCUT2D eigenvalue weighted by Gasteiger charge is -2.33. The largest absolute Gasteiger partial charge is 0.353 e. The Hall–Kier alpha value is -1.30. The van der Waals surface area contributed by atoms with Gasteiger partial charge in [0.2, 0.25) is 5.91 Å². The normalized spacial score (nSPS) is 22.9. The first-order valence-electron chi connectivity index (χ1n) is 9.07. The average molecular weight is 324 g/mol. The Kier molecular flexibility index (Phi) is 7.15. The molecular weight excluding hydrogens is 292 g/mol. The molecule has 1 unspecified atom stereocenters. The second kappa shape index (κ2) is 9.11. The standard InChI is InChI=1S/C17H32N4O2/c1-13(2)11-19-17(23)21-9-3-4-14(12-21)10-16(22)20-15-5-7-18-8-6-15/h13-15,18H,3-12H2,1-2H3,(H,19,23)(H,20,22). The van der Waals surface area contributed by atoms with Crippen LogP contribution in [0.4, 0.5) is 4.79 Å². The molecule has 6 heteroatoms. The van der Waals surface area contributed by atoms with Crippen molar-refractivity contribution in [3.05, 3.63) is 0 Å². The Morgan fingerprint density at radius 1 is 1.22 bits per heavy atom. The first-order valence-corrected chi connectivity index (χ1v) is 9.07. The van der Waals surface area contributed by atoms with Crippen LogP contribution in [0.15, 0.2) is 0 Å². The number of nitrogens with one attached hydrogen (secondary N) is 3. The highest BCUT2D eigenvalue weighted by atomic mass is 16.2. The van der Waals surface area contributed by atoms with Crippen molar-refractivity contribution in [1.82, 2.24) is 20.9 Å². The summed E-state index contributed by atoms with van der Waals surface area (Å²) >= 11 is 0. The van der Waals surface area contributed by atoms with E-state index in [4.69, 9.17) is 0 Å². The lowest BCUT2D eigenvalue weighted by Crippen LogP contribution is -2.48. The monoisotopic (exact) mass is 324 g/mol. The van der Waals surface area contributed by atoms with Gasteiger partial charge in [-0.05, 0) is 50.6 Å². The lowest BCUT2D eigenvalue weighted by atomic mass is 9.94. The Labute approximate surface area is 139 Å². The van der Waals surface area contributed by atoms with Gasteiger partial charge in [-0.1, -0.05) is 13.8 Å². The molecule has 1 atom stereocenters. The zero-order chi connectivity index (χ0) is 16.7. The molecule has 6 nitrogen and oxygen atoms in total. The van der Waals surface area contributed by atoms with E-state index in [2.05, 4.69) is 29.8 Å². The molecule has 0 bridgehead atoms. The molecule has 23 heavy (non-hydrogen) atoms. The number of amides is 3. The van der Waals surface area contributed by atoms with Crippen LogP contribution in [0.2, 0.25) is 0 Å². The molecule has 0 saturated carbocycles. The van der Waals surface area contributed by atoms with Crippen LogP contribution in [-0.4, -0.2) is 55.6 Å². The van der Waals surface area contributed by atoms with Gasteiger partial charge in [0.25, 0.3) is 0 Å². The van der Waals surface area contributed by atoms with Crippen LogP contribution in [-0.2, 0) is 4.79 Å². The Bertz CT molecular complexity index is 394. The van der Waals surface area contributed by atoms with Crippen molar-refractivity contribution in [1.29, 1.82) is 0 Å². The van der Waals surface area contributed by atoms with Crippen LogP contribution >= 0.6 is 0 Å². The van der Waals surface area contributed by atoms with Crippen LogP contribution in [0.25, 0.3) is 0 Å². The third-order valence-corrected chi connectivity index (χ3v) is 4.65. The number of nitrogens with zero attached hydrogens (tertiary/aromatic N) is 1. The topological polar surface area (TPSA) is 73.5 Å². The molecule has 2 rings (SSSR count). The van der Waals surface area contributed by atoms with Crippen molar-refractivity contribution < 1.29 is 9.59 Å². The van der Waals surface area contributed by atoms with Crippen molar-refractivity contribution in [3.8, 4) is 0 Å². The van der Waals surface area contributed by atoms with Crippen LogP contribution in [0.3, 0.4) is 0 Å². The summed E-state index contributed by atoms with van der Waals surface area (Å²) in [6, 6.07) is 0.333. The summed E-state index contributed by atoms with van der Waals surface area (Å²) in [5, 5.41) is 9.43. The van der Waals surface area contributed by atoms with E-state index in [1.165, 1.54) is 0 Å². The van der Waals surface area contributed by atoms with Crippen LogP contribution in [0, 0.1) is 11.8 Å². The molecule has 0 radical (unpaired) electrons. The van der Waals surface area contributed by atoms with E-state index in [0.29, 0.717) is 31.5 Å². The maximum absolute atomic E-state index is 12.2. The molecule has 0 aromatic carbocycles. The molecule has 0 aliphatic carbocycles. The van der Waals surface area contributed by atoms with Gasteiger partial charge in [0.15, 0.2) is 0 Å². The van der Waals surface area contributed by atoms with Gasteiger partial charge in [0.1, 0.15) is 0 Å². The van der Waals surface area contributed by atoms with Gasteiger partial charge in [-0.25, -0.2) is 4.79 Å². The fraction of sp³-hybridized carbons (Fsp3) is 0.882. The fourth-order valence-electron chi connectivity index (χ4n) is 3.33. The molecule has 3 N–H and O–H groups in total. The van der Waals surface area contributed by atoms with Gasteiger partial charge in [-0.15, -0.1) is 0 Å². The number of carbonyl (C=O) groups is 2. The van der Waals surface area contributed by atoms with Gasteiger partial charge >= 0.3 is 6.03 Å². The second-order valence-corrected chi connectivity index (χ2v) is 7.33. The van der Waals surface area contributed by atoms with Gasteiger partial charge in [0.05, 0.1) is 0 Å². The third-order valence-electron chi connectivity index (χ3n) is 4.65. The zero-order valence-electron chi connectivity index (χ0n) is 14.6. The molecule has 2 fully saturated rings. The van der Waals surface area contributed by atoms with Crippen molar-refractivity contribution in [2.24, 2.45) is 11.8 Å². The zero-order valence-corrected chi connectivity index (χ0v) is 14.6. The van der Waals surface area contributed by atoms with Crippen LogP contribution in [0.5, 0.6) is 0 Å². The predicted octanol–water partition coefficient (Wildman–Crippen LogP) is 1.32. The van der Waals surface area contributed by atoms with E-state index < -0.39 is 0 Å². The molecule has 0 spiro atoms. The summed E-state index contributed by atoms with van der Waals surface area (Å²) in [6.07, 6.45) is 4.59. The molecule has 2 aliphatic heterocycles. The molecule has 2 heterocycles. The number of piperidine rings is 2. The Balaban J connectivity index is 1.72. The van der Waals surface area contributed by atoms with Gasteiger partial charge in [-0.3, -0.25) is 4.79 Å². The summed E-state index contributed by atoms with van der Waals surface area (Å²) in [4.78, 5) is 26.2. The molecule has 2 saturated heterocycles. The maximum Gasteiger partial charge on any atom is 0.317 e. The van der Waals surface area contributed by atoms with E-state index in [9.17, 15) is 9.59 Å². The second-order valence-electron chi connectivity index (χ2n) is 7.33. The summed E-state index contributed by atoms with van der Waals surface area (Å²) < 4.78 is 0. The number of carbonyl (C=O) groups excluding carboxylic acids is 2.